The van der Waals surface area contributed by atoms with E-state index in [0.717, 1.165) is 23.5 Å². The number of anilines is 4. The molecule has 3 heterocycles. The molecule has 0 bridgehead atoms. The Morgan fingerprint density at radius 1 is 0.929 bits per heavy atom. The van der Waals surface area contributed by atoms with E-state index < -0.39 is 0 Å². The van der Waals surface area contributed by atoms with Gasteiger partial charge in [0.15, 0.2) is 11.5 Å². The number of hydrogen-bond donors (Lipinski definition) is 4. The number of benzene rings is 3. The predicted molar refractivity (Wildman–Crippen MR) is 161 cm³/mol. The molecular formula is C31H28N8O3. The summed E-state index contributed by atoms with van der Waals surface area (Å²) >= 11 is 0. The van der Waals surface area contributed by atoms with Crippen LogP contribution in [0.1, 0.15) is 20.7 Å². The van der Waals surface area contributed by atoms with Crippen molar-refractivity contribution in [2.75, 3.05) is 42.2 Å². The summed E-state index contributed by atoms with van der Waals surface area (Å²) in [5.41, 5.74) is 5.42. The van der Waals surface area contributed by atoms with E-state index in [1.54, 1.807) is 49.6 Å². The molecule has 11 nitrogen and oxygen atoms in total. The van der Waals surface area contributed by atoms with E-state index >= 15 is 0 Å². The molecule has 0 spiro atoms. The average Bonchev–Trinajstić information content (AvgIpc) is 3.51. The number of nitrogens with one attached hydrogen (secondary N) is 4. The molecule has 1 aliphatic heterocycles. The highest BCUT2D eigenvalue weighted by Gasteiger charge is 2.17. The standard InChI is InChI=1S/C31H28N8O3/c1-32-30(41)20-5-7-24(8-6-20)36-31(42)22-4-2-3-21(17-22)26-18-39-16-14-34-29(39)28(37-26)35-23-9-11-25(12-10-23)38-15-13-33-27(40)19-38/h2-12,14,16-18H,13,15,19H2,1H3,(H,32,41)(H,33,40)(H,35,37)(H,36,42). The molecule has 0 atom stereocenters. The summed E-state index contributed by atoms with van der Waals surface area (Å²) < 4.78 is 1.88. The number of hydrogen-bond acceptors (Lipinski definition) is 7. The van der Waals surface area contributed by atoms with Crippen molar-refractivity contribution in [1.82, 2.24) is 25.0 Å². The van der Waals surface area contributed by atoms with Gasteiger partial charge in [-0.05, 0) is 60.7 Å². The van der Waals surface area contributed by atoms with Crippen molar-refractivity contribution in [2.45, 2.75) is 0 Å². The van der Waals surface area contributed by atoms with Crippen LogP contribution < -0.4 is 26.2 Å². The smallest absolute Gasteiger partial charge is 0.255 e. The van der Waals surface area contributed by atoms with E-state index in [9.17, 15) is 14.4 Å². The van der Waals surface area contributed by atoms with Gasteiger partial charge in [-0.15, -0.1) is 0 Å². The highest BCUT2D eigenvalue weighted by atomic mass is 16.2. The molecule has 1 aliphatic rings. The van der Waals surface area contributed by atoms with Crippen LogP contribution >= 0.6 is 0 Å². The fourth-order valence-corrected chi connectivity index (χ4v) is 4.78. The topological polar surface area (TPSA) is 133 Å². The molecule has 1 saturated heterocycles. The Bertz CT molecular complexity index is 1780. The van der Waals surface area contributed by atoms with E-state index in [1.165, 1.54) is 0 Å². The summed E-state index contributed by atoms with van der Waals surface area (Å²) in [6.07, 6.45) is 5.41. The van der Waals surface area contributed by atoms with E-state index in [-0.39, 0.29) is 17.7 Å². The fraction of sp³-hybridized carbons (Fsp3) is 0.129. The van der Waals surface area contributed by atoms with Crippen LogP contribution in [-0.2, 0) is 4.79 Å². The first-order valence-corrected chi connectivity index (χ1v) is 13.4. The second kappa shape index (κ2) is 11.4. The Kier molecular flexibility index (Phi) is 7.21. The highest BCUT2D eigenvalue weighted by Crippen LogP contribution is 2.27. The third-order valence-electron chi connectivity index (χ3n) is 6.96. The van der Waals surface area contributed by atoms with E-state index in [2.05, 4.69) is 26.3 Å². The summed E-state index contributed by atoms with van der Waals surface area (Å²) in [4.78, 5) is 48.0. The Labute approximate surface area is 241 Å². The fourth-order valence-electron chi connectivity index (χ4n) is 4.78. The first-order chi connectivity index (χ1) is 20.5. The number of fused-ring (bicyclic) bond motifs is 1. The number of amides is 3. The number of imidazole rings is 1. The van der Waals surface area contributed by atoms with Gasteiger partial charge in [-0.2, -0.15) is 0 Å². The van der Waals surface area contributed by atoms with Crippen LogP contribution in [0.25, 0.3) is 16.9 Å². The third kappa shape index (κ3) is 5.61. The minimum atomic E-state index is -0.280. The maximum absolute atomic E-state index is 13.0. The van der Waals surface area contributed by atoms with Gasteiger partial charge in [-0.3, -0.25) is 14.4 Å². The number of aromatic nitrogens is 3. The molecule has 42 heavy (non-hydrogen) atoms. The van der Waals surface area contributed by atoms with Gasteiger partial charge in [0.25, 0.3) is 11.8 Å². The normalized spacial score (nSPS) is 13.0. The molecule has 11 heteroatoms. The Morgan fingerprint density at radius 2 is 1.71 bits per heavy atom. The van der Waals surface area contributed by atoms with Gasteiger partial charge in [-0.25, -0.2) is 9.97 Å². The minimum absolute atomic E-state index is 0.0178. The van der Waals surface area contributed by atoms with Crippen molar-refractivity contribution in [1.29, 1.82) is 0 Å². The molecule has 210 valence electrons. The van der Waals surface area contributed by atoms with Crippen LogP contribution in [0.15, 0.2) is 91.4 Å². The molecule has 4 N–H and O–H groups in total. The minimum Gasteiger partial charge on any atom is -0.360 e. The molecule has 5 aromatic rings. The molecule has 1 fully saturated rings. The second-order valence-corrected chi connectivity index (χ2v) is 9.77. The summed E-state index contributed by atoms with van der Waals surface area (Å²) in [6, 6.07) is 21.8. The van der Waals surface area contributed by atoms with Crippen LogP contribution in [-0.4, -0.2) is 58.8 Å². The summed E-state index contributed by atoms with van der Waals surface area (Å²) in [5, 5.41) is 11.7. The van der Waals surface area contributed by atoms with Gasteiger partial charge in [-0.1, -0.05) is 12.1 Å². The van der Waals surface area contributed by atoms with Gasteiger partial charge in [0.05, 0.1) is 12.2 Å². The first-order valence-electron chi connectivity index (χ1n) is 13.4. The SMILES string of the molecule is CNC(=O)c1ccc(NC(=O)c2cccc(-c3cn4ccnc4c(Nc4ccc(N5CCNC(=O)C5)cc4)n3)c2)cc1. The lowest BCUT2D eigenvalue weighted by Gasteiger charge is -2.28. The quantitative estimate of drug-likeness (QED) is 0.239. The molecule has 0 aliphatic carbocycles. The maximum atomic E-state index is 13.0. The molecule has 0 radical (unpaired) electrons. The monoisotopic (exact) mass is 560 g/mol. The van der Waals surface area contributed by atoms with Gasteiger partial charge < -0.3 is 30.6 Å². The van der Waals surface area contributed by atoms with Gasteiger partial charge in [0.2, 0.25) is 5.91 Å². The van der Waals surface area contributed by atoms with Crippen molar-refractivity contribution in [3.63, 3.8) is 0 Å². The number of piperazine rings is 1. The molecular weight excluding hydrogens is 532 g/mol. The van der Waals surface area contributed by atoms with Crippen LogP contribution in [0.3, 0.4) is 0 Å². The highest BCUT2D eigenvalue weighted by molar-refractivity contribution is 6.05. The zero-order chi connectivity index (χ0) is 29.1. The molecule has 3 amide bonds. The number of carbonyl (C=O) groups is 3. The van der Waals surface area contributed by atoms with Gasteiger partial charge in [0.1, 0.15) is 0 Å². The Hall–Kier alpha value is -5.71. The predicted octanol–water partition coefficient (Wildman–Crippen LogP) is 3.69. The maximum Gasteiger partial charge on any atom is 0.255 e. The van der Waals surface area contributed by atoms with E-state index in [0.29, 0.717) is 47.1 Å². The molecule has 0 saturated carbocycles. The average molecular weight is 561 g/mol. The molecule has 2 aromatic heterocycles. The van der Waals surface area contributed by atoms with Crippen LogP contribution in [0, 0.1) is 0 Å². The second-order valence-electron chi connectivity index (χ2n) is 9.77. The van der Waals surface area contributed by atoms with Crippen LogP contribution in [0.2, 0.25) is 0 Å². The van der Waals surface area contributed by atoms with Crippen molar-refractivity contribution in [2.24, 2.45) is 0 Å². The lowest BCUT2D eigenvalue weighted by molar-refractivity contribution is -0.120. The van der Waals surface area contributed by atoms with Gasteiger partial charge in [0, 0.05) is 72.5 Å². The molecule has 6 rings (SSSR count). The van der Waals surface area contributed by atoms with Crippen molar-refractivity contribution in [3.8, 4) is 11.3 Å². The zero-order valence-corrected chi connectivity index (χ0v) is 22.8. The zero-order valence-electron chi connectivity index (χ0n) is 22.8. The summed E-state index contributed by atoms with van der Waals surface area (Å²) in [5.74, 6) is 0.109. The van der Waals surface area contributed by atoms with Crippen LogP contribution in [0.5, 0.6) is 0 Å². The van der Waals surface area contributed by atoms with Crippen molar-refractivity contribution in [3.05, 3.63) is 103 Å². The third-order valence-corrected chi connectivity index (χ3v) is 6.96. The van der Waals surface area contributed by atoms with E-state index in [4.69, 9.17) is 4.98 Å². The largest absolute Gasteiger partial charge is 0.360 e. The lowest BCUT2D eigenvalue weighted by atomic mass is 10.1. The van der Waals surface area contributed by atoms with E-state index in [1.807, 2.05) is 58.1 Å². The molecule has 0 unspecified atom stereocenters. The number of rotatable bonds is 7. The summed E-state index contributed by atoms with van der Waals surface area (Å²) in [7, 11) is 1.57. The number of carbonyl (C=O) groups excluding carboxylic acids is 3. The van der Waals surface area contributed by atoms with Crippen LogP contribution in [0.4, 0.5) is 22.9 Å². The molecule has 3 aromatic carbocycles. The Morgan fingerprint density at radius 3 is 2.48 bits per heavy atom. The summed E-state index contributed by atoms with van der Waals surface area (Å²) in [6.45, 7) is 1.73. The van der Waals surface area contributed by atoms with Crippen molar-refractivity contribution < 1.29 is 14.4 Å². The van der Waals surface area contributed by atoms with Gasteiger partial charge >= 0.3 is 0 Å². The first kappa shape index (κ1) is 26.5. The number of nitrogens with zero attached hydrogens (tertiary/aromatic N) is 4. The Balaban J connectivity index is 1.22. The van der Waals surface area contributed by atoms with Crippen molar-refractivity contribution >= 4 is 46.2 Å². The lowest BCUT2D eigenvalue weighted by Crippen LogP contribution is -2.47.